The molecule has 1 heterocycles. The van der Waals surface area contributed by atoms with Crippen LogP contribution in [-0.2, 0) is 14.8 Å². The number of piperazine rings is 1. The summed E-state index contributed by atoms with van der Waals surface area (Å²) in [5.41, 5.74) is 0.906. The Balaban J connectivity index is 1.84. The average Bonchev–Trinajstić information content (AvgIpc) is 2.73. The zero-order valence-electron chi connectivity index (χ0n) is 16.5. The van der Waals surface area contributed by atoms with Gasteiger partial charge in [0.15, 0.2) is 0 Å². The maximum atomic E-state index is 14.3. The molecule has 0 unspecified atom stereocenters. The number of methoxy groups -OCH3 is 2. The van der Waals surface area contributed by atoms with Crippen LogP contribution >= 0.6 is 0 Å². The number of hydrogen-bond donors (Lipinski definition) is 0. The molecule has 29 heavy (non-hydrogen) atoms. The quantitative estimate of drug-likeness (QED) is 0.690. The van der Waals surface area contributed by atoms with Crippen LogP contribution in [0.2, 0.25) is 0 Å². The molecule has 3 rings (SSSR count). The molecule has 1 atom stereocenters. The van der Waals surface area contributed by atoms with E-state index in [1.54, 1.807) is 7.11 Å². The van der Waals surface area contributed by atoms with Crippen LogP contribution in [0.15, 0.2) is 47.4 Å². The summed E-state index contributed by atoms with van der Waals surface area (Å²) in [5.74, 6) is -0.912. The maximum absolute atomic E-state index is 14.3. The molecule has 0 radical (unpaired) electrons. The Morgan fingerprint density at radius 2 is 1.90 bits per heavy atom. The molecule has 1 aliphatic rings. The molecule has 1 fully saturated rings. The fourth-order valence-electron chi connectivity index (χ4n) is 3.40. The summed E-state index contributed by atoms with van der Waals surface area (Å²) in [7, 11) is -1.34. The number of benzene rings is 2. The van der Waals surface area contributed by atoms with E-state index in [0.29, 0.717) is 12.3 Å². The van der Waals surface area contributed by atoms with Crippen molar-refractivity contribution >= 4 is 21.7 Å². The van der Waals surface area contributed by atoms with E-state index in [1.807, 2.05) is 31.2 Å². The first-order valence-electron chi connectivity index (χ1n) is 9.06. The smallest absolute Gasteiger partial charge is 0.337 e. The summed E-state index contributed by atoms with van der Waals surface area (Å²) in [4.78, 5) is 13.3. The number of anilines is 1. The van der Waals surface area contributed by atoms with Crippen LogP contribution in [0.1, 0.15) is 17.3 Å². The van der Waals surface area contributed by atoms with Crippen molar-refractivity contribution in [2.75, 3.05) is 38.8 Å². The molecule has 0 aliphatic carbocycles. The number of carbonyl (C=O) groups excluding carboxylic acids is 1. The lowest BCUT2D eigenvalue weighted by Crippen LogP contribution is -2.53. The number of esters is 1. The van der Waals surface area contributed by atoms with Gasteiger partial charge in [-0.2, -0.15) is 4.31 Å². The van der Waals surface area contributed by atoms with Crippen molar-refractivity contribution in [3.63, 3.8) is 0 Å². The summed E-state index contributed by atoms with van der Waals surface area (Å²) in [5, 5.41) is 0. The van der Waals surface area contributed by atoms with Gasteiger partial charge in [0.25, 0.3) is 0 Å². The third-order valence-electron chi connectivity index (χ3n) is 4.95. The van der Waals surface area contributed by atoms with Gasteiger partial charge in [0.05, 0.1) is 19.8 Å². The highest BCUT2D eigenvalue weighted by atomic mass is 32.2. The molecule has 0 N–H and O–H groups in total. The predicted octanol–water partition coefficient (Wildman–Crippen LogP) is 2.52. The topological polar surface area (TPSA) is 76.2 Å². The minimum absolute atomic E-state index is 0.0180. The minimum Gasteiger partial charge on any atom is -0.497 e. The van der Waals surface area contributed by atoms with Crippen LogP contribution in [0.25, 0.3) is 0 Å². The van der Waals surface area contributed by atoms with Crippen molar-refractivity contribution in [3.8, 4) is 5.75 Å². The Labute approximate surface area is 169 Å². The van der Waals surface area contributed by atoms with Crippen LogP contribution in [0.4, 0.5) is 10.1 Å². The molecule has 2 aromatic rings. The summed E-state index contributed by atoms with van der Waals surface area (Å²) in [6.45, 7) is 2.71. The fraction of sp³-hybridized carbons (Fsp3) is 0.350. The van der Waals surface area contributed by atoms with Gasteiger partial charge in [0.2, 0.25) is 10.0 Å². The van der Waals surface area contributed by atoms with E-state index in [4.69, 9.17) is 4.74 Å². The lowest BCUT2D eigenvalue weighted by molar-refractivity contribution is 0.0600. The van der Waals surface area contributed by atoms with E-state index in [9.17, 15) is 17.6 Å². The lowest BCUT2D eigenvalue weighted by atomic mass is 10.1. The van der Waals surface area contributed by atoms with Gasteiger partial charge in [0, 0.05) is 37.4 Å². The molecule has 2 aromatic carbocycles. The summed E-state index contributed by atoms with van der Waals surface area (Å²) >= 11 is 0. The first-order valence-corrected chi connectivity index (χ1v) is 10.5. The van der Waals surface area contributed by atoms with Crippen LogP contribution in [0, 0.1) is 5.82 Å². The second kappa shape index (κ2) is 8.38. The van der Waals surface area contributed by atoms with Crippen LogP contribution < -0.4 is 9.64 Å². The Hall–Kier alpha value is -2.65. The van der Waals surface area contributed by atoms with E-state index in [-0.39, 0.29) is 24.7 Å². The Kier molecular flexibility index (Phi) is 6.09. The third-order valence-corrected chi connectivity index (χ3v) is 6.83. The van der Waals surface area contributed by atoms with Crippen molar-refractivity contribution in [2.45, 2.75) is 17.9 Å². The zero-order chi connectivity index (χ0) is 21.2. The number of sulfonamides is 1. The van der Waals surface area contributed by atoms with E-state index in [1.165, 1.54) is 17.5 Å². The van der Waals surface area contributed by atoms with Gasteiger partial charge in [-0.15, -0.1) is 0 Å². The van der Waals surface area contributed by atoms with Gasteiger partial charge in [0.1, 0.15) is 16.5 Å². The van der Waals surface area contributed by atoms with Crippen LogP contribution in [-0.4, -0.2) is 58.6 Å². The molecule has 156 valence electrons. The Morgan fingerprint density at radius 3 is 2.55 bits per heavy atom. The maximum Gasteiger partial charge on any atom is 0.337 e. The van der Waals surface area contributed by atoms with Crippen molar-refractivity contribution in [3.05, 3.63) is 53.8 Å². The lowest BCUT2D eigenvalue weighted by Gasteiger charge is -2.40. The van der Waals surface area contributed by atoms with Crippen molar-refractivity contribution < 1.29 is 27.1 Å². The summed E-state index contributed by atoms with van der Waals surface area (Å²) in [6.07, 6.45) is 0. The normalized spacial score (nSPS) is 17.8. The van der Waals surface area contributed by atoms with Crippen molar-refractivity contribution in [2.24, 2.45) is 0 Å². The van der Waals surface area contributed by atoms with Gasteiger partial charge in [-0.1, -0.05) is 6.07 Å². The van der Waals surface area contributed by atoms with E-state index in [0.717, 1.165) is 17.8 Å². The molecule has 0 saturated carbocycles. The minimum atomic E-state index is -4.11. The Bertz CT molecular complexity index is 1010. The summed E-state index contributed by atoms with van der Waals surface area (Å²) < 4.78 is 51.5. The van der Waals surface area contributed by atoms with E-state index >= 15 is 0 Å². The fourth-order valence-corrected chi connectivity index (χ4v) is 5.00. The number of ether oxygens (including phenoxy) is 2. The number of halogens is 1. The van der Waals surface area contributed by atoms with Crippen LogP contribution in [0.5, 0.6) is 5.75 Å². The van der Waals surface area contributed by atoms with Crippen molar-refractivity contribution in [1.82, 2.24) is 4.31 Å². The first kappa shape index (κ1) is 21.1. The number of hydrogen-bond acceptors (Lipinski definition) is 6. The van der Waals surface area contributed by atoms with Crippen LogP contribution in [0.3, 0.4) is 0 Å². The van der Waals surface area contributed by atoms with Gasteiger partial charge >= 0.3 is 5.97 Å². The monoisotopic (exact) mass is 422 g/mol. The molecule has 0 bridgehead atoms. The van der Waals surface area contributed by atoms with E-state index in [2.05, 4.69) is 9.64 Å². The second-order valence-corrected chi connectivity index (χ2v) is 8.65. The van der Waals surface area contributed by atoms with E-state index < -0.39 is 26.7 Å². The predicted molar refractivity (Wildman–Crippen MR) is 106 cm³/mol. The molecular weight excluding hydrogens is 399 g/mol. The third kappa shape index (κ3) is 4.20. The van der Waals surface area contributed by atoms with Gasteiger partial charge in [-0.05, 0) is 37.3 Å². The van der Waals surface area contributed by atoms with Gasteiger partial charge < -0.3 is 14.4 Å². The highest BCUT2D eigenvalue weighted by molar-refractivity contribution is 7.89. The molecular formula is C20H23FN2O5S. The molecule has 0 amide bonds. The standard InChI is InChI=1S/C20H23FN2O5S/c1-14-13-22(9-10-23(14)16-5-4-6-17(12-16)27-2)29(25,26)19-11-15(20(24)28-3)7-8-18(19)21/h4-8,11-12,14H,9-10,13H2,1-3H3/t14-/m0/s1. The Morgan fingerprint density at radius 1 is 1.14 bits per heavy atom. The molecule has 1 aliphatic heterocycles. The first-order chi connectivity index (χ1) is 13.8. The molecule has 9 heteroatoms. The molecule has 1 saturated heterocycles. The number of rotatable bonds is 5. The van der Waals surface area contributed by atoms with Crippen molar-refractivity contribution in [1.29, 1.82) is 0 Å². The second-order valence-electron chi connectivity index (χ2n) is 6.74. The highest BCUT2D eigenvalue weighted by Gasteiger charge is 2.34. The van der Waals surface area contributed by atoms with Gasteiger partial charge in [-0.25, -0.2) is 17.6 Å². The average molecular weight is 422 g/mol. The van der Waals surface area contributed by atoms with Gasteiger partial charge in [-0.3, -0.25) is 0 Å². The number of nitrogens with zero attached hydrogens (tertiary/aromatic N) is 2. The molecule has 7 nitrogen and oxygen atoms in total. The highest BCUT2D eigenvalue weighted by Crippen LogP contribution is 2.28. The number of carbonyl (C=O) groups is 1. The SMILES string of the molecule is COC(=O)c1ccc(F)c(S(=O)(=O)N2CCN(c3cccc(OC)c3)[C@@H](C)C2)c1. The molecule has 0 spiro atoms. The largest absolute Gasteiger partial charge is 0.497 e. The summed E-state index contributed by atoms with van der Waals surface area (Å²) in [6, 6.07) is 10.6. The zero-order valence-corrected chi connectivity index (χ0v) is 17.3. The molecule has 0 aromatic heterocycles.